The number of nitrogens with one attached hydrogen (secondary N) is 4. The summed E-state index contributed by atoms with van der Waals surface area (Å²) in [7, 11) is 1.65. The molecule has 1 spiro atoms. The number of piperidine rings is 1. The molecule has 0 aliphatic carbocycles. The molecular formula is C20H27N5O2. The fourth-order valence-electron chi connectivity index (χ4n) is 4.20. The van der Waals surface area contributed by atoms with Crippen LogP contribution in [-0.4, -0.2) is 48.9 Å². The maximum atomic E-state index is 12.7. The summed E-state index contributed by atoms with van der Waals surface area (Å²) in [6.07, 6.45) is 4.99. The number of benzene rings is 1. The van der Waals surface area contributed by atoms with Crippen molar-refractivity contribution in [2.75, 3.05) is 26.7 Å². The summed E-state index contributed by atoms with van der Waals surface area (Å²) in [6, 6.07) is 7.70. The highest BCUT2D eigenvalue weighted by molar-refractivity contribution is 5.82. The second-order valence-corrected chi connectivity index (χ2v) is 7.60. The van der Waals surface area contributed by atoms with Gasteiger partial charge in [0.2, 0.25) is 5.91 Å². The van der Waals surface area contributed by atoms with Crippen LogP contribution in [0.5, 0.6) is 5.75 Å². The molecule has 1 aromatic heterocycles. The molecule has 0 unspecified atom stereocenters. The Bertz CT molecular complexity index is 780. The SMILES string of the molecule is COc1ccc(-c2[nH]ncc2CNC(=O)[C@H]2CC3(CCNCC3)CN2)cc1. The van der Waals surface area contributed by atoms with E-state index in [2.05, 4.69) is 26.1 Å². The largest absolute Gasteiger partial charge is 0.497 e. The van der Waals surface area contributed by atoms with Crippen molar-refractivity contribution in [3.05, 3.63) is 36.0 Å². The third kappa shape index (κ3) is 3.84. The molecule has 2 aromatic rings. The van der Waals surface area contributed by atoms with Crippen molar-refractivity contribution < 1.29 is 9.53 Å². The third-order valence-corrected chi connectivity index (χ3v) is 5.89. The number of amides is 1. The Balaban J connectivity index is 1.36. The van der Waals surface area contributed by atoms with Crippen LogP contribution in [0.3, 0.4) is 0 Å². The smallest absolute Gasteiger partial charge is 0.237 e. The fourth-order valence-corrected chi connectivity index (χ4v) is 4.20. The first-order chi connectivity index (χ1) is 13.2. The normalized spacial score (nSPS) is 21.3. The van der Waals surface area contributed by atoms with Gasteiger partial charge in [0, 0.05) is 24.2 Å². The molecule has 27 heavy (non-hydrogen) atoms. The minimum absolute atomic E-state index is 0.0762. The first-order valence-corrected chi connectivity index (χ1v) is 9.58. The van der Waals surface area contributed by atoms with Gasteiger partial charge < -0.3 is 20.7 Å². The molecule has 2 fully saturated rings. The monoisotopic (exact) mass is 369 g/mol. The Morgan fingerprint density at radius 1 is 1.30 bits per heavy atom. The van der Waals surface area contributed by atoms with Gasteiger partial charge in [-0.15, -0.1) is 0 Å². The van der Waals surface area contributed by atoms with Gasteiger partial charge in [-0.1, -0.05) is 0 Å². The molecule has 1 aromatic carbocycles. The van der Waals surface area contributed by atoms with Crippen LogP contribution in [0.2, 0.25) is 0 Å². The van der Waals surface area contributed by atoms with Gasteiger partial charge in [0.05, 0.1) is 25.0 Å². The minimum atomic E-state index is -0.0977. The summed E-state index contributed by atoms with van der Waals surface area (Å²) in [6.45, 7) is 3.51. The summed E-state index contributed by atoms with van der Waals surface area (Å²) in [5.41, 5.74) is 3.21. The number of carbonyl (C=O) groups excluding carboxylic acids is 1. The number of aromatic amines is 1. The van der Waals surface area contributed by atoms with E-state index in [-0.39, 0.29) is 17.4 Å². The summed E-state index contributed by atoms with van der Waals surface area (Å²) in [4.78, 5) is 12.7. The number of methoxy groups -OCH3 is 1. The number of rotatable bonds is 5. The molecule has 2 aliphatic heterocycles. The number of aromatic nitrogens is 2. The van der Waals surface area contributed by atoms with Crippen molar-refractivity contribution in [3.8, 4) is 17.0 Å². The van der Waals surface area contributed by atoms with Crippen LogP contribution >= 0.6 is 0 Å². The zero-order valence-corrected chi connectivity index (χ0v) is 15.7. The maximum Gasteiger partial charge on any atom is 0.237 e. The lowest BCUT2D eigenvalue weighted by Crippen LogP contribution is -2.40. The second-order valence-electron chi connectivity index (χ2n) is 7.60. The van der Waals surface area contributed by atoms with E-state index in [0.29, 0.717) is 6.54 Å². The number of hydrogen-bond acceptors (Lipinski definition) is 5. The molecule has 0 bridgehead atoms. The molecule has 2 aliphatic rings. The highest BCUT2D eigenvalue weighted by atomic mass is 16.5. The summed E-state index contributed by atoms with van der Waals surface area (Å²) >= 11 is 0. The predicted molar refractivity (Wildman–Crippen MR) is 103 cm³/mol. The Morgan fingerprint density at radius 3 is 2.81 bits per heavy atom. The molecule has 0 radical (unpaired) electrons. The summed E-state index contributed by atoms with van der Waals surface area (Å²) in [5, 5.41) is 17.1. The van der Waals surface area contributed by atoms with Crippen LogP contribution < -0.4 is 20.7 Å². The standard InChI is InChI=1S/C20H27N5O2/c1-27-16-4-2-14(3-5-16)18-15(12-24-25-18)11-22-19(26)17-10-20(13-23-17)6-8-21-9-7-20/h2-5,12,17,21,23H,6-11,13H2,1H3,(H,22,26)(H,24,25)/t17-/m1/s1. The molecule has 2 saturated heterocycles. The molecule has 7 heteroatoms. The molecule has 1 atom stereocenters. The number of ether oxygens (including phenoxy) is 1. The van der Waals surface area contributed by atoms with Gasteiger partial charge in [0.15, 0.2) is 0 Å². The van der Waals surface area contributed by atoms with Crippen LogP contribution in [0.15, 0.2) is 30.5 Å². The lowest BCUT2D eigenvalue weighted by atomic mass is 9.77. The predicted octanol–water partition coefficient (Wildman–Crippen LogP) is 1.43. The van der Waals surface area contributed by atoms with E-state index < -0.39 is 0 Å². The number of hydrogen-bond donors (Lipinski definition) is 4. The van der Waals surface area contributed by atoms with Crippen LogP contribution in [0.1, 0.15) is 24.8 Å². The minimum Gasteiger partial charge on any atom is -0.497 e. The number of carbonyl (C=O) groups is 1. The fraction of sp³-hybridized carbons (Fsp3) is 0.500. The van der Waals surface area contributed by atoms with Crippen LogP contribution in [0.4, 0.5) is 0 Å². The van der Waals surface area contributed by atoms with Crippen molar-refractivity contribution >= 4 is 5.91 Å². The molecule has 7 nitrogen and oxygen atoms in total. The van der Waals surface area contributed by atoms with E-state index in [1.807, 2.05) is 24.3 Å². The number of H-pyrrole nitrogens is 1. The van der Waals surface area contributed by atoms with Gasteiger partial charge >= 0.3 is 0 Å². The van der Waals surface area contributed by atoms with Gasteiger partial charge in [-0.25, -0.2) is 0 Å². The van der Waals surface area contributed by atoms with E-state index in [1.165, 1.54) is 0 Å². The lowest BCUT2D eigenvalue weighted by molar-refractivity contribution is -0.123. The van der Waals surface area contributed by atoms with E-state index in [1.54, 1.807) is 13.3 Å². The molecule has 144 valence electrons. The zero-order chi connectivity index (χ0) is 18.7. The average Bonchev–Trinajstić information content (AvgIpc) is 3.34. The highest BCUT2D eigenvalue weighted by Crippen LogP contribution is 2.37. The van der Waals surface area contributed by atoms with Crippen LogP contribution in [0, 0.1) is 5.41 Å². The second kappa shape index (κ2) is 7.70. The molecule has 4 N–H and O–H groups in total. The third-order valence-electron chi connectivity index (χ3n) is 5.89. The van der Waals surface area contributed by atoms with Crippen molar-refractivity contribution in [2.24, 2.45) is 5.41 Å². The van der Waals surface area contributed by atoms with E-state index in [0.717, 1.165) is 61.5 Å². The van der Waals surface area contributed by atoms with E-state index in [4.69, 9.17) is 4.74 Å². The Morgan fingerprint density at radius 2 is 2.07 bits per heavy atom. The quantitative estimate of drug-likeness (QED) is 0.640. The Kier molecular flexibility index (Phi) is 5.13. The zero-order valence-electron chi connectivity index (χ0n) is 15.7. The topological polar surface area (TPSA) is 91.1 Å². The number of nitrogens with zero attached hydrogens (tertiary/aromatic N) is 1. The van der Waals surface area contributed by atoms with Crippen molar-refractivity contribution in [3.63, 3.8) is 0 Å². The summed E-state index contributed by atoms with van der Waals surface area (Å²) < 4.78 is 5.21. The van der Waals surface area contributed by atoms with Crippen molar-refractivity contribution in [2.45, 2.75) is 31.8 Å². The molecule has 1 amide bonds. The first-order valence-electron chi connectivity index (χ1n) is 9.58. The molecule has 0 saturated carbocycles. The average molecular weight is 369 g/mol. The molecule has 4 rings (SSSR count). The highest BCUT2D eigenvalue weighted by Gasteiger charge is 2.42. The van der Waals surface area contributed by atoms with Gasteiger partial charge in [-0.2, -0.15) is 5.10 Å². The lowest BCUT2D eigenvalue weighted by Gasteiger charge is -2.33. The van der Waals surface area contributed by atoms with Gasteiger partial charge in [-0.05, 0) is 62.0 Å². The Hall–Kier alpha value is -2.38. The molecule has 3 heterocycles. The van der Waals surface area contributed by atoms with Crippen molar-refractivity contribution in [1.29, 1.82) is 0 Å². The maximum absolute atomic E-state index is 12.7. The first kappa shape index (κ1) is 18.0. The van der Waals surface area contributed by atoms with Crippen LogP contribution in [0.25, 0.3) is 11.3 Å². The van der Waals surface area contributed by atoms with Gasteiger partial charge in [0.1, 0.15) is 5.75 Å². The van der Waals surface area contributed by atoms with Gasteiger partial charge in [-0.3, -0.25) is 9.89 Å². The van der Waals surface area contributed by atoms with Gasteiger partial charge in [0.25, 0.3) is 0 Å². The molecular weight excluding hydrogens is 342 g/mol. The summed E-state index contributed by atoms with van der Waals surface area (Å²) in [5.74, 6) is 0.888. The van der Waals surface area contributed by atoms with E-state index in [9.17, 15) is 4.79 Å². The Labute approximate surface area is 159 Å². The van der Waals surface area contributed by atoms with E-state index >= 15 is 0 Å². The van der Waals surface area contributed by atoms with Crippen LogP contribution in [-0.2, 0) is 11.3 Å². The van der Waals surface area contributed by atoms with Crippen molar-refractivity contribution in [1.82, 2.24) is 26.1 Å².